The van der Waals surface area contributed by atoms with Gasteiger partial charge in [0, 0.05) is 13.6 Å². The third-order valence-electron chi connectivity index (χ3n) is 3.29. The summed E-state index contributed by atoms with van der Waals surface area (Å²) in [6, 6.07) is 5.96. The molecule has 0 fully saturated rings. The average molecular weight is 259 g/mol. The summed E-state index contributed by atoms with van der Waals surface area (Å²) in [5.74, 6) is 1.07. The van der Waals surface area contributed by atoms with Crippen LogP contribution in [0.2, 0.25) is 0 Å². The lowest BCUT2D eigenvalue weighted by Crippen LogP contribution is -2.29. The lowest BCUT2D eigenvalue weighted by atomic mass is 10.1. The molecule has 2 rings (SSSR count). The van der Waals surface area contributed by atoms with Crippen LogP contribution in [0.25, 0.3) is 11.0 Å². The molecule has 0 aliphatic heterocycles. The maximum absolute atomic E-state index is 12.1. The zero-order chi connectivity index (χ0) is 13.8. The molecule has 4 heteroatoms. The third-order valence-corrected chi connectivity index (χ3v) is 3.29. The summed E-state index contributed by atoms with van der Waals surface area (Å²) in [6.45, 7) is 4.90. The fraction of sp³-hybridized carbons (Fsp3) is 0.467. The molecule has 2 aromatic rings. The van der Waals surface area contributed by atoms with Crippen LogP contribution in [0.15, 0.2) is 18.2 Å². The van der Waals surface area contributed by atoms with E-state index in [0.717, 1.165) is 41.8 Å². The molecular weight excluding hydrogens is 238 g/mol. The van der Waals surface area contributed by atoms with Gasteiger partial charge in [-0.25, -0.2) is 4.98 Å². The Labute approximate surface area is 113 Å². The number of aryl methyl sites for hydroxylation is 1. The number of fused-ring (bicyclic) bond motifs is 1. The fourth-order valence-electron chi connectivity index (χ4n) is 2.12. The Morgan fingerprint density at radius 2 is 2.21 bits per heavy atom. The Morgan fingerprint density at radius 3 is 2.95 bits per heavy atom. The summed E-state index contributed by atoms with van der Waals surface area (Å²) in [6.07, 6.45) is 2.62. The summed E-state index contributed by atoms with van der Waals surface area (Å²) in [4.78, 5) is 21.4. The first kappa shape index (κ1) is 13.6. The molecule has 1 heterocycles. The number of rotatable bonds is 5. The van der Waals surface area contributed by atoms with Crippen LogP contribution in [0.3, 0.4) is 0 Å². The Bertz CT molecular complexity index is 574. The van der Waals surface area contributed by atoms with Crippen molar-refractivity contribution >= 4 is 16.9 Å². The number of aromatic nitrogens is 2. The van der Waals surface area contributed by atoms with Crippen molar-refractivity contribution < 1.29 is 4.79 Å². The van der Waals surface area contributed by atoms with Crippen LogP contribution in [0.1, 0.15) is 31.2 Å². The summed E-state index contributed by atoms with van der Waals surface area (Å²) in [5.41, 5.74) is 2.98. The van der Waals surface area contributed by atoms with E-state index in [1.165, 1.54) is 0 Å². The zero-order valence-corrected chi connectivity index (χ0v) is 11.9. The lowest BCUT2D eigenvalue weighted by Gasteiger charge is -2.16. The Morgan fingerprint density at radius 1 is 1.42 bits per heavy atom. The van der Waals surface area contributed by atoms with Gasteiger partial charge in [-0.05, 0) is 31.0 Å². The molecule has 102 valence electrons. The van der Waals surface area contributed by atoms with E-state index in [9.17, 15) is 4.79 Å². The number of benzene rings is 1. The highest BCUT2D eigenvalue weighted by molar-refractivity contribution is 5.81. The smallest absolute Gasteiger partial charge is 0.226 e. The molecule has 1 aromatic carbocycles. The molecule has 1 amide bonds. The maximum Gasteiger partial charge on any atom is 0.226 e. The topological polar surface area (TPSA) is 49.0 Å². The number of unbranched alkanes of at least 4 members (excludes halogenated alkanes) is 1. The van der Waals surface area contributed by atoms with Gasteiger partial charge < -0.3 is 9.88 Å². The monoisotopic (exact) mass is 259 g/mol. The van der Waals surface area contributed by atoms with E-state index < -0.39 is 0 Å². The number of imidazole rings is 1. The van der Waals surface area contributed by atoms with Crippen LogP contribution >= 0.6 is 0 Å². The second-order valence-electron chi connectivity index (χ2n) is 5.02. The molecule has 0 aliphatic rings. The number of aromatic amines is 1. The van der Waals surface area contributed by atoms with Gasteiger partial charge in [-0.3, -0.25) is 4.79 Å². The van der Waals surface area contributed by atoms with Crippen molar-refractivity contribution in [1.29, 1.82) is 0 Å². The first-order valence-corrected chi connectivity index (χ1v) is 6.79. The number of carbonyl (C=O) groups excluding carboxylic acids is 1. The molecule has 0 aliphatic carbocycles. The van der Waals surface area contributed by atoms with Crippen LogP contribution in [0.5, 0.6) is 0 Å². The van der Waals surface area contributed by atoms with Gasteiger partial charge >= 0.3 is 0 Å². The minimum Gasteiger partial charge on any atom is -0.345 e. The highest BCUT2D eigenvalue weighted by Crippen LogP contribution is 2.14. The van der Waals surface area contributed by atoms with Crippen LogP contribution in [-0.4, -0.2) is 34.4 Å². The summed E-state index contributed by atoms with van der Waals surface area (Å²) >= 11 is 0. The van der Waals surface area contributed by atoms with Crippen LogP contribution < -0.4 is 0 Å². The average Bonchev–Trinajstić information content (AvgIpc) is 2.75. The van der Waals surface area contributed by atoms with Crippen molar-refractivity contribution in [2.24, 2.45) is 0 Å². The van der Waals surface area contributed by atoms with Crippen molar-refractivity contribution in [2.75, 3.05) is 13.6 Å². The van der Waals surface area contributed by atoms with Crippen LogP contribution in [0, 0.1) is 6.92 Å². The standard InChI is InChI=1S/C15H21N3O/c1-4-5-8-18(3)15(19)10-12-6-7-13-14(9-12)17-11(2)16-13/h6-7,9H,4-5,8,10H2,1-3H3,(H,16,17). The summed E-state index contributed by atoms with van der Waals surface area (Å²) in [5, 5.41) is 0. The molecule has 0 bridgehead atoms. The normalized spacial score (nSPS) is 10.9. The maximum atomic E-state index is 12.1. The molecule has 4 nitrogen and oxygen atoms in total. The molecule has 1 aromatic heterocycles. The van der Waals surface area contributed by atoms with Gasteiger partial charge in [-0.1, -0.05) is 19.4 Å². The summed E-state index contributed by atoms with van der Waals surface area (Å²) < 4.78 is 0. The van der Waals surface area contributed by atoms with Crippen molar-refractivity contribution in [3.63, 3.8) is 0 Å². The second-order valence-corrected chi connectivity index (χ2v) is 5.02. The van der Waals surface area contributed by atoms with Crippen molar-refractivity contribution in [3.05, 3.63) is 29.6 Å². The van der Waals surface area contributed by atoms with E-state index in [4.69, 9.17) is 0 Å². The van der Waals surface area contributed by atoms with Gasteiger partial charge in [-0.15, -0.1) is 0 Å². The van der Waals surface area contributed by atoms with Gasteiger partial charge in [0.05, 0.1) is 17.5 Å². The van der Waals surface area contributed by atoms with Crippen molar-refractivity contribution in [2.45, 2.75) is 33.1 Å². The van der Waals surface area contributed by atoms with E-state index in [2.05, 4.69) is 16.9 Å². The SMILES string of the molecule is CCCCN(C)C(=O)Cc1ccc2nc(C)[nH]c2c1. The van der Waals surface area contributed by atoms with Gasteiger partial charge in [0.25, 0.3) is 0 Å². The predicted octanol–water partition coefficient (Wildman–Crippen LogP) is 2.67. The minimum atomic E-state index is 0.170. The van der Waals surface area contributed by atoms with Crippen LogP contribution in [0.4, 0.5) is 0 Å². The Kier molecular flexibility index (Phi) is 4.20. The van der Waals surface area contributed by atoms with E-state index in [-0.39, 0.29) is 5.91 Å². The number of hydrogen-bond donors (Lipinski definition) is 1. The van der Waals surface area contributed by atoms with Gasteiger partial charge in [-0.2, -0.15) is 0 Å². The van der Waals surface area contributed by atoms with Crippen molar-refractivity contribution in [3.8, 4) is 0 Å². The largest absolute Gasteiger partial charge is 0.345 e. The van der Waals surface area contributed by atoms with E-state index in [1.54, 1.807) is 0 Å². The molecular formula is C15H21N3O. The van der Waals surface area contributed by atoms with Gasteiger partial charge in [0.2, 0.25) is 5.91 Å². The number of H-pyrrole nitrogens is 1. The lowest BCUT2D eigenvalue weighted by molar-refractivity contribution is -0.129. The minimum absolute atomic E-state index is 0.170. The first-order chi connectivity index (χ1) is 9.10. The first-order valence-electron chi connectivity index (χ1n) is 6.79. The Hall–Kier alpha value is -1.84. The van der Waals surface area contributed by atoms with Gasteiger partial charge in [0.1, 0.15) is 5.82 Å². The number of amides is 1. The highest BCUT2D eigenvalue weighted by Gasteiger charge is 2.10. The van der Waals surface area contributed by atoms with Crippen LogP contribution in [-0.2, 0) is 11.2 Å². The quantitative estimate of drug-likeness (QED) is 0.897. The molecule has 19 heavy (non-hydrogen) atoms. The van der Waals surface area contributed by atoms with Gasteiger partial charge in [0.15, 0.2) is 0 Å². The summed E-state index contributed by atoms with van der Waals surface area (Å²) in [7, 11) is 1.87. The Balaban J connectivity index is 2.06. The molecule has 0 atom stereocenters. The molecule has 0 radical (unpaired) electrons. The van der Waals surface area contributed by atoms with Crippen molar-refractivity contribution in [1.82, 2.24) is 14.9 Å². The number of nitrogens with one attached hydrogen (secondary N) is 1. The molecule has 0 spiro atoms. The van der Waals surface area contributed by atoms with E-state index >= 15 is 0 Å². The number of likely N-dealkylation sites (N-methyl/N-ethyl adjacent to an activating group) is 1. The molecule has 0 saturated heterocycles. The number of hydrogen-bond acceptors (Lipinski definition) is 2. The second kappa shape index (κ2) is 5.87. The zero-order valence-electron chi connectivity index (χ0n) is 11.9. The third kappa shape index (κ3) is 3.34. The molecule has 0 saturated carbocycles. The van der Waals surface area contributed by atoms with E-state index in [0.29, 0.717) is 6.42 Å². The highest BCUT2D eigenvalue weighted by atomic mass is 16.2. The molecule has 1 N–H and O–H groups in total. The van der Waals surface area contributed by atoms with E-state index in [1.807, 2.05) is 37.1 Å². The fourth-order valence-corrected chi connectivity index (χ4v) is 2.12. The number of carbonyl (C=O) groups is 1. The predicted molar refractivity (Wildman–Crippen MR) is 77.1 cm³/mol. The number of nitrogens with zero attached hydrogens (tertiary/aromatic N) is 2. The molecule has 0 unspecified atom stereocenters.